The first kappa shape index (κ1) is 71.3. The number of ether oxygens (including phenoxy) is 19. The standard InChI is InChI=1S/C49H84O38/c1-69-34-15(5-50)77-44(29(64)22(34)57)84-38-19(9-54)79-48(87-49-21(10-55)81-47(33(68)41(49)86-49)83-37-18(8-53)76-43(72-4)28(63)25(37)60)40(32(38)67)74-12-14(56)11-73-13-20-39(85-45-30(65)23(58)35(70-2)16(6-51)78-45)26(61)31(66)46(80-20)82-36-17(7-52)75-42(71-3)27(62)24(36)59/h14-48,50-68H,5-13H2,1-4H3/t14?,15?,16?,17?,18?,19?,20?,21?,22?,23?,24?,25?,26?,27?,28?,29?,30?,31?,32?,33?,34?,35?,36?,37?,38?,39?,40?,41?,42?,43?,44?,45?,46?,47?,48?,49-/m0/s1. The van der Waals surface area contributed by atoms with Gasteiger partial charge in [-0.2, -0.15) is 0 Å². The van der Waals surface area contributed by atoms with Gasteiger partial charge in [0, 0.05) is 28.4 Å². The number of aliphatic hydroxyl groups excluding tert-OH is 19. The molecule has 0 bridgehead atoms. The predicted octanol–water partition coefficient (Wildman–Crippen LogP) is -13.9. The molecule has 0 aliphatic carbocycles. The summed E-state index contributed by atoms with van der Waals surface area (Å²) in [6, 6.07) is 0. The van der Waals surface area contributed by atoms with E-state index in [0.717, 1.165) is 7.11 Å². The van der Waals surface area contributed by atoms with E-state index in [4.69, 9.17) is 90.0 Å². The van der Waals surface area contributed by atoms with Crippen molar-refractivity contribution in [3.63, 3.8) is 0 Å². The average molecular weight is 1280 g/mol. The highest BCUT2D eigenvalue weighted by molar-refractivity contribution is 5.11. The first-order chi connectivity index (χ1) is 41.5. The van der Waals surface area contributed by atoms with Crippen molar-refractivity contribution in [3.05, 3.63) is 0 Å². The molecular weight excluding hydrogens is 1200 g/mol. The van der Waals surface area contributed by atoms with Gasteiger partial charge < -0.3 is 187 Å². The van der Waals surface area contributed by atoms with Crippen LogP contribution < -0.4 is 0 Å². The van der Waals surface area contributed by atoms with Crippen molar-refractivity contribution < 1.29 is 187 Å². The summed E-state index contributed by atoms with van der Waals surface area (Å²) in [5.74, 6) is -2.21. The van der Waals surface area contributed by atoms with E-state index >= 15 is 0 Å². The Bertz CT molecular complexity index is 2060. The molecule has 8 rings (SSSR count). The Balaban J connectivity index is 1.00. The number of fused-ring (bicyclic) bond motifs is 1. The Morgan fingerprint density at radius 1 is 0.345 bits per heavy atom. The van der Waals surface area contributed by atoms with Crippen LogP contribution in [0.5, 0.6) is 0 Å². The zero-order chi connectivity index (χ0) is 63.5. The number of hydrogen-bond acceptors (Lipinski definition) is 38. The van der Waals surface area contributed by atoms with Crippen LogP contribution in [0.2, 0.25) is 0 Å². The molecule has 0 spiro atoms. The van der Waals surface area contributed by atoms with Crippen LogP contribution in [0, 0.1) is 0 Å². The second-order valence-electron chi connectivity index (χ2n) is 21.9. The van der Waals surface area contributed by atoms with Crippen LogP contribution >= 0.6 is 0 Å². The maximum atomic E-state index is 12.2. The second kappa shape index (κ2) is 31.1. The molecular formula is C49H84O38. The van der Waals surface area contributed by atoms with Crippen molar-refractivity contribution in [3.8, 4) is 0 Å². The van der Waals surface area contributed by atoms with Gasteiger partial charge in [-0.05, 0) is 0 Å². The fourth-order valence-electron chi connectivity index (χ4n) is 11.6. The van der Waals surface area contributed by atoms with Crippen molar-refractivity contribution in [1.29, 1.82) is 0 Å². The van der Waals surface area contributed by atoms with Gasteiger partial charge in [-0.25, -0.2) is 0 Å². The summed E-state index contributed by atoms with van der Waals surface area (Å²) in [5, 5.41) is 207. The molecule has 8 saturated heterocycles. The fourth-order valence-corrected chi connectivity index (χ4v) is 11.6. The zero-order valence-corrected chi connectivity index (χ0v) is 47.3. The number of methoxy groups -OCH3 is 4. The molecule has 8 aliphatic rings. The van der Waals surface area contributed by atoms with Crippen molar-refractivity contribution in [2.75, 3.05) is 87.9 Å². The first-order valence-corrected chi connectivity index (χ1v) is 27.9. The largest absolute Gasteiger partial charge is 0.394 e. The van der Waals surface area contributed by atoms with E-state index < -0.39 is 280 Å². The van der Waals surface area contributed by atoms with Crippen LogP contribution in [0.1, 0.15) is 0 Å². The molecule has 0 aromatic heterocycles. The number of hydrogen-bond donors (Lipinski definition) is 19. The van der Waals surface area contributed by atoms with Crippen LogP contribution in [0.15, 0.2) is 0 Å². The average Bonchev–Trinajstić information content (AvgIpc) is 1.56. The topological polar surface area (TPSA) is 563 Å². The Morgan fingerprint density at radius 3 is 1.09 bits per heavy atom. The fraction of sp³-hybridized carbons (Fsp3) is 1.00. The van der Waals surface area contributed by atoms with Gasteiger partial charge in [0.2, 0.25) is 5.79 Å². The molecule has 0 aromatic carbocycles. The van der Waals surface area contributed by atoms with E-state index in [2.05, 4.69) is 0 Å². The van der Waals surface area contributed by atoms with Gasteiger partial charge in [0.25, 0.3) is 0 Å². The van der Waals surface area contributed by atoms with E-state index in [1.807, 2.05) is 0 Å². The minimum Gasteiger partial charge on any atom is -0.394 e. The molecule has 87 heavy (non-hydrogen) atoms. The number of rotatable bonds is 27. The summed E-state index contributed by atoms with van der Waals surface area (Å²) < 4.78 is 108. The van der Waals surface area contributed by atoms with Crippen molar-refractivity contribution in [1.82, 2.24) is 0 Å². The summed E-state index contributed by atoms with van der Waals surface area (Å²) in [5.41, 5.74) is 0. The van der Waals surface area contributed by atoms with E-state index in [1.54, 1.807) is 0 Å². The zero-order valence-electron chi connectivity index (χ0n) is 47.3. The Kier molecular flexibility index (Phi) is 25.5. The van der Waals surface area contributed by atoms with E-state index in [-0.39, 0.29) is 0 Å². The van der Waals surface area contributed by atoms with Crippen molar-refractivity contribution in [2.45, 2.75) is 221 Å². The summed E-state index contributed by atoms with van der Waals surface area (Å²) in [7, 11) is 4.67. The molecule has 38 nitrogen and oxygen atoms in total. The van der Waals surface area contributed by atoms with E-state index in [9.17, 15) is 97.0 Å². The third kappa shape index (κ3) is 14.7. The van der Waals surface area contributed by atoms with Crippen molar-refractivity contribution in [2.24, 2.45) is 0 Å². The van der Waals surface area contributed by atoms with Gasteiger partial charge in [-0.1, -0.05) is 0 Å². The SMILES string of the molecule is COC1OC(CO)C(OC2OC(COCC(O)COC3C(O[C@]45OC4C(O)C(OC4C(CO)OC(OC)C(O)C4O)OC5CO)OC(CO)C(OC4OC(CO)C(OC)C(O)C4O)C3O)C(OC3OC(CO)C(OC)C(O)C3O)C(O)C2O)C(O)C1O. The molecule has 0 radical (unpaired) electrons. The Hall–Kier alpha value is -1.52. The third-order valence-electron chi connectivity index (χ3n) is 16.4. The Morgan fingerprint density at radius 2 is 0.690 bits per heavy atom. The van der Waals surface area contributed by atoms with Crippen LogP contribution in [0.25, 0.3) is 0 Å². The third-order valence-corrected chi connectivity index (χ3v) is 16.4. The summed E-state index contributed by atoms with van der Waals surface area (Å²) in [6.45, 7) is -7.44. The van der Waals surface area contributed by atoms with Gasteiger partial charge in [-0.15, -0.1) is 0 Å². The summed E-state index contributed by atoms with van der Waals surface area (Å²) in [6.07, 6.45) is -59.8. The lowest BCUT2D eigenvalue weighted by atomic mass is 9.96. The molecule has 8 aliphatic heterocycles. The molecule has 35 unspecified atom stereocenters. The lowest BCUT2D eigenvalue weighted by Crippen LogP contribution is -2.67. The highest BCUT2D eigenvalue weighted by atomic mass is 16.9. The molecule has 0 amide bonds. The molecule has 0 aromatic rings. The second-order valence-corrected chi connectivity index (χ2v) is 21.9. The normalized spacial score (nSPS) is 50.8. The summed E-state index contributed by atoms with van der Waals surface area (Å²) >= 11 is 0. The molecule has 508 valence electrons. The number of aliphatic hydroxyl groups is 19. The van der Waals surface area contributed by atoms with Crippen molar-refractivity contribution >= 4 is 0 Å². The van der Waals surface area contributed by atoms with Crippen LogP contribution in [0.3, 0.4) is 0 Å². The molecule has 8 fully saturated rings. The lowest BCUT2D eigenvalue weighted by Gasteiger charge is -2.48. The van der Waals surface area contributed by atoms with Gasteiger partial charge >= 0.3 is 0 Å². The van der Waals surface area contributed by atoms with Gasteiger partial charge in [0.15, 0.2) is 44.0 Å². The maximum Gasteiger partial charge on any atom is 0.230 e. The van der Waals surface area contributed by atoms with Crippen LogP contribution in [-0.2, 0) is 90.0 Å². The summed E-state index contributed by atoms with van der Waals surface area (Å²) in [4.78, 5) is 0. The smallest absolute Gasteiger partial charge is 0.230 e. The van der Waals surface area contributed by atoms with Gasteiger partial charge in [-0.3, -0.25) is 0 Å². The quantitative estimate of drug-likeness (QED) is 0.0340. The monoisotopic (exact) mass is 1280 g/mol. The molecule has 36 atom stereocenters. The van der Waals surface area contributed by atoms with Gasteiger partial charge in [0.05, 0.1) is 59.5 Å². The molecule has 38 heteroatoms. The first-order valence-electron chi connectivity index (χ1n) is 27.9. The van der Waals surface area contributed by atoms with Crippen LogP contribution in [0.4, 0.5) is 0 Å². The Labute approximate surface area is 494 Å². The lowest BCUT2D eigenvalue weighted by molar-refractivity contribution is -0.387. The molecule has 19 N–H and O–H groups in total. The molecule has 8 heterocycles. The van der Waals surface area contributed by atoms with E-state index in [0.29, 0.717) is 0 Å². The highest BCUT2D eigenvalue weighted by Gasteiger charge is 2.74. The number of epoxide rings is 1. The minimum absolute atomic E-state index is 0.746. The van der Waals surface area contributed by atoms with E-state index in [1.165, 1.54) is 21.3 Å². The predicted molar refractivity (Wildman–Crippen MR) is 266 cm³/mol. The van der Waals surface area contributed by atoms with Gasteiger partial charge in [0.1, 0.15) is 171 Å². The highest BCUT2D eigenvalue weighted by Crippen LogP contribution is 2.52. The molecule has 0 saturated carbocycles. The van der Waals surface area contributed by atoms with Crippen LogP contribution in [-0.4, -0.2) is 406 Å². The minimum atomic E-state index is -2.21. The maximum absolute atomic E-state index is 12.2.